The number of Topliss-reactive ketones (excluding diaryl/α,β-unsaturated/α-hetero) is 1. The molecule has 1 unspecified atom stereocenters. The second kappa shape index (κ2) is 11.7. The highest BCUT2D eigenvalue weighted by Crippen LogP contribution is 2.52. The van der Waals surface area contributed by atoms with Gasteiger partial charge in [-0.25, -0.2) is 4.39 Å². The lowest BCUT2D eigenvalue weighted by molar-refractivity contribution is -0.137. The van der Waals surface area contributed by atoms with Crippen LogP contribution < -0.4 is 15.4 Å². The summed E-state index contributed by atoms with van der Waals surface area (Å²) in [6.07, 6.45) is -4.44. The van der Waals surface area contributed by atoms with Gasteiger partial charge in [-0.3, -0.25) is 9.69 Å². The lowest BCUT2D eigenvalue weighted by Gasteiger charge is -2.44. The standard InChI is InChI=1S/C34H29Cl2F4N3O2/c1-17-9-19(16-45-29-8-6-21(37)12-25(29)36)18(2)22(10-17)30-23(15-41)32(42)43(27-13-33(3,4)14-28(44)31(27)30)26-7-5-20(35)11-24(26)34(38,39)40/h5-12,30H,13-14,16,42H2,1-4H3. The number of nitrogens with zero attached hydrogens (tertiary/aromatic N) is 2. The molecule has 3 aromatic rings. The second-order valence-corrected chi connectivity index (χ2v) is 13.0. The van der Waals surface area contributed by atoms with Crippen molar-refractivity contribution in [3.63, 3.8) is 0 Å². The van der Waals surface area contributed by atoms with E-state index in [1.165, 1.54) is 29.2 Å². The molecule has 0 radical (unpaired) electrons. The minimum atomic E-state index is -4.80. The van der Waals surface area contributed by atoms with Crippen LogP contribution in [0.15, 0.2) is 71.2 Å². The second-order valence-electron chi connectivity index (χ2n) is 12.1. The largest absolute Gasteiger partial charge is 0.487 e. The van der Waals surface area contributed by atoms with Crippen LogP contribution in [0.2, 0.25) is 10.0 Å². The first kappa shape index (κ1) is 32.4. The number of rotatable bonds is 5. The van der Waals surface area contributed by atoms with Crippen LogP contribution in [0.5, 0.6) is 5.75 Å². The fraction of sp³-hybridized carbons (Fsp3) is 0.294. The summed E-state index contributed by atoms with van der Waals surface area (Å²) < 4.78 is 62.5. The first-order valence-corrected chi connectivity index (χ1v) is 14.8. The van der Waals surface area contributed by atoms with E-state index in [0.717, 1.165) is 17.7 Å². The zero-order valence-corrected chi connectivity index (χ0v) is 26.4. The van der Waals surface area contributed by atoms with Gasteiger partial charge in [-0.15, -0.1) is 0 Å². The Labute approximate surface area is 268 Å². The lowest BCUT2D eigenvalue weighted by atomic mass is 9.67. The summed E-state index contributed by atoms with van der Waals surface area (Å²) in [5, 5.41) is 10.5. The van der Waals surface area contributed by atoms with E-state index in [2.05, 4.69) is 6.07 Å². The topological polar surface area (TPSA) is 79.3 Å². The summed E-state index contributed by atoms with van der Waals surface area (Å²) in [6.45, 7) is 7.42. The Morgan fingerprint density at radius 3 is 2.44 bits per heavy atom. The Hall–Kier alpha value is -4.00. The van der Waals surface area contributed by atoms with Gasteiger partial charge in [0.2, 0.25) is 0 Å². The molecule has 45 heavy (non-hydrogen) atoms. The normalized spacial score (nSPS) is 18.2. The Kier molecular flexibility index (Phi) is 8.45. The predicted octanol–water partition coefficient (Wildman–Crippen LogP) is 9.29. The van der Waals surface area contributed by atoms with Crippen molar-refractivity contribution in [3.8, 4) is 11.8 Å². The summed E-state index contributed by atoms with van der Waals surface area (Å²) in [5.74, 6) is -1.65. The molecule has 5 rings (SSSR count). The van der Waals surface area contributed by atoms with Gasteiger partial charge in [0.15, 0.2) is 5.78 Å². The minimum absolute atomic E-state index is 0.0401. The monoisotopic (exact) mass is 657 g/mol. The van der Waals surface area contributed by atoms with Gasteiger partial charge in [-0.05, 0) is 78.8 Å². The maximum absolute atomic E-state index is 14.3. The van der Waals surface area contributed by atoms with E-state index < -0.39 is 28.9 Å². The number of nitriles is 1. The highest BCUT2D eigenvalue weighted by Gasteiger charge is 2.47. The van der Waals surface area contributed by atoms with Gasteiger partial charge in [0, 0.05) is 22.7 Å². The van der Waals surface area contributed by atoms with Crippen LogP contribution in [0, 0.1) is 36.4 Å². The molecule has 0 aromatic heterocycles. The van der Waals surface area contributed by atoms with Gasteiger partial charge >= 0.3 is 6.18 Å². The average Bonchev–Trinajstić information content (AvgIpc) is 2.93. The molecule has 1 atom stereocenters. The van der Waals surface area contributed by atoms with Crippen LogP contribution in [0.25, 0.3) is 0 Å². The maximum atomic E-state index is 14.3. The van der Waals surface area contributed by atoms with Crippen LogP contribution in [0.1, 0.15) is 60.4 Å². The third-order valence-electron chi connectivity index (χ3n) is 8.17. The molecular weight excluding hydrogens is 629 g/mol. The van der Waals surface area contributed by atoms with Crippen molar-refractivity contribution in [2.75, 3.05) is 4.90 Å². The van der Waals surface area contributed by atoms with Crippen molar-refractivity contribution in [2.24, 2.45) is 11.1 Å². The predicted molar refractivity (Wildman–Crippen MR) is 165 cm³/mol. The molecule has 5 nitrogen and oxygen atoms in total. The Morgan fingerprint density at radius 1 is 1.09 bits per heavy atom. The molecule has 3 aromatic carbocycles. The number of allylic oxidation sites excluding steroid dienone is 3. The number of nitrogens with two attached hydrogens (primary N) is 1. The maximum Gasteiger partial charge on any atom is 0.418 e. The minimum Gasteiger partial charge on any atom is -0.487 e. The van der Waals surface area contributed by atoms with Gasteiger partial charge < -0.3 is 10.5 Å². The first-order valence-electron chi connectivity index (χ1n) is 14.0. The molecular formula is C34H29Cl2F4N3O2. The highest BCUT2D eigenvalue weighted by molar-refractivity contribution is 6.32. The number of alkyl halides is 3. The zero-order chi connectivity index (χ0) is 33.0. The van der Waals surface area contributed by atoms with Gasteiger partial charge in [0.05, 0.1) is 33.8 Å². The Morgan fingerprint density at radius 2 is 1.80 bits per heavy atom. The third-order valence-corrected chi connectivity index (χ3v) is 8.70. The quantitative estimate of drug-likeness (QED) is 0.277. The number of hydrogen-bond acceptors (Lipinski definition) is 5. The van der Waals surface area contributed by atoms with Gasteiger partial charge in [-0.1, -0.05) is 54.7 Å². The number of carbonyl (C=O) groups is 1. The number of ether oxygens (including phenoxy) is 1. The van der Waals surface area contributed by atoms with Crippen LogP contribution in [0.3, 0.4) is 0 Å². The zero-order valence-electron chi connectivity index (χ0n) is 24.9. The summed E-state index contributed by atoms with van der Waals surface area (Å²) in [7, 11) is 0. The van der Waals surface area contributed by atoms with Crippen molar-refractivity contribution in [3.05, 3.63) is 115 Å². The molecule has 1 heterocycles. The molecule has 1 aliphatic heterocycles. The van der Waals surface area contributed by atoms with Crippen LogP contribution in [0.4, 0.5) is 23.2 Å². The number of hydrogen-bond donors (Lipinski definition) is 1. The van der Waals surface area contributed by atoms with Crippen LogP contribution in [-0.4, -0.2) is 5.78 Å². The summed E-state index contributed by atoms with van der Waals surface area (Å²) in [4.78, 5) is 15.2. The Bertz CT molecular complexity index is 1840. The summed E-state index contributed by atoms with van der Waals surface area (Å²) in [5.41, 5.74) is 7.98. The molecule has 0 fully saturated rings. The van der Waals surface area contributed by atoms with Crippen LogP contribution in [-0.2, 0) is 17.6 Å². The number of carbonyl (C=O) groups excluding carboxylic acids is 1. The number of anilines is 1. The molecule has 11 heteroatoms. The van der Waals surface area contributed by atoms with E-state index in [0.29, 0.717) is 22.4 Å². The van der Waals surface area contributed by atoms with Crippen molar-refractivity contribution in [1.82, 2.24) is 0 Å². The molecule has 0 saturated heterocycles. The third kappa shape index (κ3) is 6.14. The fourth-order valence-corrected chi connectivity index (χ4v) is 6.58. The van der Waals surface area contributed by atoms with Gasteiger partial charge in [0.1, 0.15) is 24.0 Å². The summed E-state index contributed by atoms with van der Waals surface area (Å²) in [6, 6.07) is 13.0. The van der Waals surface area contributed by atoms with E-state index >= 15 is 0 Å². The number of benzene rings is 3. The van der Waals surface area contributed by atoms with E-state index in [4.69, 9.17) is 33.7 Å². The van der Waals surface area contributed by atoms with Gasteiger partial charge in [0.25, 0.3) is 0 Å². The Balaban J connectivity index is 1.71. The van der Waals surface area contributed by atoms with E-state index in [1.807, 2.05) is 39.8 Å². The number of ketones is 1. The molecule has 0 bridgehead atoms. The average molecular weight is 659 g/mol. The molecule has 0 saturated carbocycles. The van der Waals surface area contributed by atoms with Crippen LogP contribution >= 0.6 is 23.2 Å². The highest BCUT2D eigenvalue weighted by atomic mass is 35.5. The van der Waals surface area contributed by atoms with Crippen molar-refractivity contribution in [1.29, 1.82) is 5.26 Å². The fourth-order valence-electron chi connectivity index (χ4n) is 6.19. The number of aryl methyl sites for hydroxylation is 1. The molecule has 0 amide bonds. The molecule has 2 N–H and O–H groups in total. The summed E-state index contributed by atoms with van der Waals surface area (Å²) >= 11 is 12.1. The first-order chi connectivity index (χ1) is 21.0. The van der Waals surface area contributed by atoms with Gasteiger partial charge in [-0.2, -0.15) is 18.4 Å². The van der Waals surface area contributed by atoms with E-state index in [9.17, 15) is 27.6 Å². The van der Waals surface area contributed by atoms with E-state index in [1.54, 1.807) is 0 Å². The van der Waals surface area contributed by atoms with Crippen molar-refractivity contribution >= 4 is 34.7 Å². The van der Waals surface area contributed by atoms with Crippen molar-refractivity contribution in [2.45, 2.75) is 59.2 Å². The SMILES string of the molecule is Cc1cc(COc2ccc(F)cc2Cl)c(C)c(C2C(C#N)=C(N)N(c3ccc(Cl)cc3C(F)(F)F)C3=C2C(=O)CC(C)(C)C3)c1. The molecule has 1 aliphatic carbocycles. The molecule has 234 valence electrons. The number of halogens is 6. The molecule has 0 spiro atoms. The molecule has 2 aliphatic rings. The smallest absolute Gasteiger partial charge is 0.418 e. The van der Waals surface area contributed by atoms with Crippen molar-refractivity contribution < 1.29 is 27.1 Å². The lowest BCUT2D eigenvalue weighted by Crippen LogP contribution is -2.42. The van der Waals surface area contributed by atoms with E-state index in [-0.39, 0.29) is 63.7 Å².